The van der Waals surface area contributed by atoms with E-state index < -0.39 is 5.82 Å². The van der Waals surface area contributed by atoms with Gasteiger partial charge in [0.2, 0.25) is 5.88 Å². The molecule has 0 radical (unpaired) electrons. The van der Waals surface area contributed by atoms with Crippen molar-refractivity contribution in [3.05, 3.63) is 54.5 Å². The lowest BCUT2D eigenvalue weighted by molar-refractivity contribution is 0.415. The van der Waals surface area contributed by atoms with E-state index in [2.05, 4.69) is 4.98 Å². The molecule has 0 amide bonds. The third-order valence-corrected chi connectivity index (χ3v) is 3.12. The van der Waals surface area contributed by atoms with Crippen molar-refractivity contribution < 1.29 is 13.9 Å². The van der Waals surface area contributed by atoms with E-state index in [9.17, 15) is 4.39 Å². The van der Waals surface area contributed by atoms with Crippen LogP contribution in [0, 0.1) is 5.82 Å². The molecular formula is C16H13FN2O2. The second-order valence-corrected chi connectivity index (χ2v) is 4.49. The Hall–Kier alpha value is -2.82. The normalized spacial score (nSPS) is 10.6. The zero-order chi connectivity index (χ0) is 14.8. The molecule has 2 N–H and O–H groups in total. The fraction of sp³-hybridized carbons (Fsp3) is 0.0625. The molecule has 1 aromatic heterocycles. The summed E-state index contributed by atoms with van der Waals surface area (Å²) in [5.74, 6) is 0.976. The second kappa shape index (κ2) is 5.28. The van der Waals surface area contributed by atoms with Crippen LogP contribution in [0.15, 0.2) is 48.7 Å². The second-order valence-electron chi connectivity index (χ2n) is 4.49. The number of halogens is 1. The minimum absolute atomic E-state index is 0.0814. The molecule has 0 saturated carbocycles. The van der Waals surface area contributed by atoms with Crippen molar-refractivity contribution >= 4 is 16.5 Å². The van der Waals surface area contributed by atoms with Crippen LogP contribution in [-0.2, 0) is 0 Å². The highest BCUT2D eigenvalue weighted by molar-refractivity contribution is 5.88. The Kier molecular flexibility index (Phi) is 3.31. The summed E-state index contributed by atoms with van der Waals surface area (Å²) in [6, 6.07) is 11.7. The first kappa shape index (κ1) is 13.2. The van der Waals surface area contributed by atoms with E-state index in [0.717, 1.165) is 16.5 Å². The Morgan fingerprint density at radius 2 is 1.86 bits per heavy atom. The van der Waals surface area contributed by atoms with E-state index in [1.54, 1.807) is 19.4 Å². The topological polar surface area (TPSA) is 57.4 Å². The number of nitrogen functional groups attached to an aromatic ring is 1. The average molecular weight is 284 g/mol. The van der Waals surface area contributed by atoms with Crippen LogP contribution in [0.3, 0.4) is 0 Å². The molecule has 0 atom stereocenters. The van der Waals surface area contributed by atoms with Crippen LogP contribution >= 0.6 is 0 Å². The van der Waals surface area contributed by atoms with Crippen molar-refractivity contribution in [3.63, 3.8) is 0 Å². The summed E-state index contributed by atoms with van der Waals surface area (Å²) in [4.78, 5) is 4.19. The van der Waals surface area contributed by atoms with E-state index in [-0.39, 0.29) is 5.69 Å². The van der Waals surface area contributed by atoms with Crippen molar-refractivity contribution in [1.82, 2.24) is 4.98 Å². The number of hydrogen-bond acceptors (Lipinski definition) is 4. The van der Waals surface area contributed by atoms with Crippen molar-refractivity contribution in [2.45, 2.75) is 0 Å². The van der Waals surface area contributed by atoms with Crippen molar-refractivity contribution in [2.24, 2.45) is 0 Å². The Morgan fingerprint density at radius 3 is 2.62 bits per heavy atom. The van der Waals surface area contributed by atoms with Gasteiger partial charge in [-0.3, -0.25) is 0 Å². The van der Waals surface area contributed by atoms with Crippen LogP contribution in [0.2, 0.25) is 0 Å². The van der Waals surface area contributed by atoms with Crippen molar-refractivity contribution in [3.8, 4) is 17.4 Å². The molecule has 0 saturated heterocycles. The van der Waals surface area contributed by atoms with Gasteiger partial charge in [-0.05, 0) is 41.8 Å². The first-order valence-electron chi connectivity index (χ1n) is 6.33. The zero-order valence-corrected chi connectivity index (χ0v) is 11.3. The highest BCUT2D eigenvalue weighted by Gasteiger charge is 2.08. The molecule has 5 heteroatoms. The van der Waals surface area contributed by atoms with Gasteiger partial charge in [0, 0.05) is 17.6 Å². The number of nitrogens with two attached hydrogens (primary N) is 1. The molecule has 1 heterocycles. The zero-order valence-electron chi connectivity index (χ0n) is 11.3. The molecule has 0 unspecified atom stereocenters. The number of benzene rings is 2. The number of pyridine rings is 1. The number of anilines is 1. The highest BCUT2D eigenvalue weighted by Crippen LogP contribution is 2.30. The van der Waals surface area contributed by atoms with E-state index in [1.165, 1.54) is 12.1 Å². The maximum atomic E-state index is 13.5. The number of hydrogen-bond donors (Lipinski definition) is 1. The predicted octanol–water partition coefficient (Wildman–Crippen LogP) is 3.76. The van der Waals surface area contributed by atoms with Gasteiger partial charge in [-0.25, -0.2) is 9.37 Å². The molecule has 2 aromatic carbocycles. The maximum absolute atomic E-state index is 13.5. The summed E-state index contributed by atoms with van der Waals surface area (Å²) in [6.07, 6.45) is 1.63. The van der Waals surface area contributed by atoms with E-state index in [0.29, 0.717) is 11.6 Å². The fourth-order valence-corrected chi connectivity index (χ4v) is 2.02. The number of fused-ring (bicyclic) bond motifs is 1. The summed E-state index contributed by atoms with van der Waals surface area (Å²) in [5, 5.41) is 1.74. The quantitative estimate of drug-likeness (QED) is 0.744. The van der Waals surface area contributed by atoms with Crippen LogP contribution in [-0.4, -0.2) is 12.1 Å². The summed E-state index contributed by atoms with van der Waals surface area (Å²) in [7, 11) is 1.61. The molecule has 0 fully saturated rings. The summed E-state index contributed by atoms with van der Waals surface area (Å²) in [6.45, 7) is 0. The van der Waals surface area contributed by atoms with Crippen molar-refractivity contribution in [1.29, 1.82) is 0 Å². The number of ether oxygens (including phenoxy) is 2. The largest absolute Gasteiger partial charge is 0.497 e. The SMILES string of the molecule is COc1ccc2c(Oc3ccc(N)c(F)c3)nccc2c1. The highest BCUT2D eigenvalue weighted by atomic mass is 19.1. The first-order chi connectivity index (χ1) is 10.2. The number of methoxy groups -OCH3 is 1. The molecule has 106 valence electrons. The van der Waals surface area contributed by atoms with Crippen LogP contribution < -0.4 is 15.2 Å². The molecule has 0 aliphatic carbocycles. The first-order valence-corrected chi connectivity index (χ1v) is 6.33. The molecule has 3 rings (SSSR count). The van der Waals surface area contributed by atoms with Crippen LogP contribution in [0.5, 0.6) is 17.4 Å². The third kappa shape index (κ3) is 2.58. The fourth-order valence-electron chi connectivity index (χ4n) is 2.02. The molecule has 4 nitrogen and oxygen atoms in total. The Labute approximate surface area is 120 Å². The predicted molar refractivity (Wildman–Crippen MR) is 79.2 cm³/mol. The Morgan fingerprint density at radius 1 is 1.05 bits per heavy atom. The average Bonchev–Trinajstić information content (AvgIpc) is 2.50. The van der Waals surface area contributed by atoms with E-state index in [1.807, 2.05) is 24.3 Å². The Balaban J connectivity index is 2.02. The number of nitrogens with zero attached hydrogens (tertiary/aromatic N) is 1. The van der Waals surface area contributed by atoms with Crippen LogP contribution in [0.1, 0.15) is 0 Å². The lowest BCUT2D eigenvalue weighted by atomic mass is 10.1. The molecule has 3 aromatic rings. The molecule has 0 aliphatic rings. The monoisotopic (exact) mass is 284 g/mol. The lowest BCUT2D eigenvalue weighted by Crippen LogP contribution is -1.93. The van der Waals surface area contributed by atoms with Gasteiger partial charge in [0.05, 0.1) is 12.8 Å². The number of rotatable bonds is 3. The van der Waals surface area contributed by atoms with Gasteiger partial charge in [0.25, 0.3) is 0 Å². The molecule has 21 heavy (non-hydrogen) atoms. The van der Waals surface area contributed by atoms with Crippen LogP contribution in [0.4, 0.5) is 10.1 Å². The minimum Gasteiger partial charge on any atom is -0.497 e. The molecule has 0 spiro atoms. The lowest BCUT2D eigenvalue weighted by Gasteiger charge is -2.09. The van der Waals surface area contributed by atoms with Crippen LogP contribution in [0.25, 0.3) is 10.8 Å². The van der Waals surface area contributed by atoms with Gasteiger partial charge in [0.15, 0.2) is 0 Å². The van der Waals surface area contributed by atoms with Gasteiger partial charge in [-0.2, -0.15) is 0 Å². The van der Waals surface area contributed by atoms with Gasteiger partial charge in [0.1, 0.15) is 17.3 Å². The molecule has 0 bridgehead atoms. The maximum Gasteiger partial charge on any atom is 0.227 e. The number of aromatic nitrogens is 1. The van der Waals surface area contributed by atoms with Gasteiger partial charge >= 0.3 is 0 Å². The van der Waals surface area contributed by atoms with E-state index in [4.69, 9.17) is 15.2 Å². The molecular weight excluding hydrogens is 271 g/mol. The standard InChI is InChI=1S/C16H13FN2O2/c1-20-11-2-4-13-10(8-11)6-7-19-16(13)21-12-3-5-15(18)14(17)9-12/h2-9H,18H2,1H3. The van der Waals surface area contributed by atoms with Gasteiger partial charge in [-0.15, -0.1) is 0 Å². The minimum atomic E-state index is -0.519. The summed E-state index contributed by atoms with van der Waals surface area (Å²) < 4.78 is 24.3. The summed E-state index contributed by atoms with van der Waals surface area (Å²) >= 11 is 0. The Bertz CT molecular complexity index is 805. The molecule has 0 aliphatic heterocycles. The van der Waals surface area contributed by atoms with Gasteiger partial charge in [-0.1, -0.05) is 0 Å². The third-order valence-electron chi connectivity index (χ3n) is 3.12. The summed E-state index contributed by atoms with van der Waals surface area (Å²) in [5.41, 5.74) is 5.53. The van der Waals surface area contributed by atoms with E-state index >= 15 is 0 Å². The van der Waals surface area contributed by atoms with Crippen molar-refractivity contribution in [2.75, 3.05) is 12.8 Å². The smallest absolute Gasteiger partial charge is 0.227 e. The van der Waals surface area contributed by atoms with Gasteiger partial charge < -0.3 is 15.2 Å².